The maximum atomic E-state index is 9.55. The molecule has 1 atom stereocenters. The van der Waals surface area contributed by atoms with Crippen molar-refractivity contribution in [3.63, 3.8) is 0 Å². The minimum atomic E-state index is -1.26. The van der Waals surface area contributed by atoms with E-state index in [0.717, 1.165) is 24.7 Å². The van der Waals surface area contributed by atoms with Gasteiger partial charge >= 0.3 is 11.9 Å². The number of fused-ring (bicyclic) bond motifs is 3. The minimum Gasteiger partial charge on any atom is -0.478 e. The van der Waals surface area contributed by atoms with Crippen LogP contribution >= 0.6 is 11.6 Å². The van der Waals surface area contributed by atoms with Crippen LogP contribution in [-0.2, 0) is 16.0 Å². The highest BCUT2D eigenvalue weighted by Crippen LogP contribution is 2.36. The number of rotatable bonds is 2. The van der Waals surface area contributed by atoms with Gasteiger partial charge in [-0.15, -0.1) is 0 Å². The lowest BCUT2D eigenvalue weighted by molar-refractivity contribution is -0.134. The molecule has 23 heavy (non-hydrogen) atoms. The van der Waals surface area contributed by atoms with Crippen molar-refractivity contribution in [1.29, 1.82) is 0 Å². The molecule has 2 aliphatic heterocycles. The molecule has 3 N–H and O–H groups in total. The standard InChI is InChI=1S/C12H15ClN2.C4H4O4/c1-8-4-9-5-10-7-14-2-3-15(10)12(9)6-11(8)13;5-3(6)1-2-4(7)8/h4,6,10,14H,2-3,5,7H2,1H3;1-2H,(H,5,6)(H,7,8)/b;2-1+. The molecule has 6 nitrogen and oxygen atoms in total. The number of aliphatic carboxylic acids is 2. The zero-order chi connectivity index (χ0) is 17.0. The van der Waals surface area contributed by atoms with Gasteiger partial charge in [-0.1, -0.05) is 17.7 Å². The zero-order valence-electron chi connectivity index (χ0n) is 12.8. The lowest BCUT2D eigenvalue weighted by atomic mass is 10.1. The molecule has 1 fully saturated rings. The maximum absolute atomic E-state index is 9.55. The third kappa shape index (κ3) is 4.46. The van der Waals surface area contributed by atoms with Crippen molar-refractivity contribution in [2.75, 3.05) is 24.5 Å². The molecule has 1 saturated heterocycles. The number of anilines is 1. The number of aryl methyl sites for hydroxylation is 1. The van der Waals surface area contributed by atoms with Gasteiger partial charge in [0.2, 0.25) is 0 Å². The quantitative estimate of drug-likeness (QED) is 0.711. The highest BCUT2D eigenvalue weighted by molar-refractivity contribution is 6.31. The zero-order valence-corrected chi connectivity index (χ0v) is 13.5. The Morgan fingerprint density at radius 3 is 2.57 bits per heavy atom. The van der Waals surface area contributed by atoms with Crippen molar-refractivity contribution in [2.24, 2.45) is 0 Å². The van der Waals surface area contributed by atoms with Gasteiger partial charge in [0.15, 0.2) is 0 Å². The Bertz CT molecular complexity index is 629. The van der Waals surface area contributed by atoms with E-state index in [-0.39, 0.29) is 0 Å². The van der Waals surface area contributed by atoms with Crippen molar-refractivity contribution >= 4 is 29.2 Å². The van der Waals surface area contributed by atoms with Crippen LogP contribution in [0.1, 0.15) is 11.1 Å². The van der Waals surface area contributed by atoms with Gasteiger partial charge in [-0.05, 0) is 30.5 Å². The van der Waals surface area contributed by atoms with Gasteiger partial charge in [0.25, 0.3) is 0 Å². The number of carboxylic acids is 2. The fourth-order valence-corrected chi connectivity index (χ4v) is 2.98. The fourth-order valence-electron chi connectivity index (χ4n) is 2.82. The summed E-state index contributed by atoms with van der Waals surface area (Å²) in [6, 6.07) is 5.03. The first-order valence-corrected chi connectivity index (χ1v) is 7.66. The van der Waals surface area contributed by atoms with Crippen LogP contribution in [0.15, 0.2) is 24.3 Å². The monoisotopic (exact) mass is 338 g/mol. The summed E-state index contributed by atoms with van der Waals surface area (Å²) >= 11 is 6.18. The first-order chi connectivity index (χ1) is 10.9. The van der Waals surface area contributed by atoms with E-state index in [1.807, 2.05) is 0 Å². The molecule has 1 aromatic rings. The molecule has 0 spiro atoms. The smallest absolute Gasteiger partial charge is 0.328 e. The summed E-state index contributed by atoms with van der Waals surface area (Å²) in [6.07, 6.45) is 2.28. The van der Waals surface area contributed by atoms with Crippen LogP contribution in [0, 0.1) is 6.92 Å². The number of piperazine rings is 1. The number of hydrogen-bond acceptors (Lipinski definition) is 4. The molecule has 0 aliphatic carbocycles. The number of nitrogens with one attached hydrogen (secondary N) is 1. The van der Waals surface area contributed by atoms with Gasteiger partial charge in [0, 0.05) is 48.5 Å². The van der Waals surface area contributed by atoms with E-state index in [2.05, 4.69) is 29.3 Å². The summed E-state index contributed by atoms with van der Waals surface area (Å²) in [7, 11) is 0. The first-order valence-electron chi connectivity index (χ1n) is 7.29. The molecule has 7 heteroatoms. The molecule has 124 valence electrons. The van der Waals surface area contributed by atoms with Crippen molar-refractivity contribution in [1.82, 2.24) is 5.32 Å². The molecule has 2 aliphatic rings. The average Bonchev–Trinajstić information content (AvgIpc) is 2.84. The van der Waals surface area contributed by atoms with E-state index in [9.17, 15) is 9.59 Å². The van der Waals surface area contributed by atoms with Gasteiger partial charge < -0.3 is 20.4 Å². The predicted molar refractivity (Wildman–Crippen MR) is 88.3 cm³/mol. The third-order valence-electron chi connectivity index (χ3n) is 3.84. The average molecular weight is 339 g/mol. The van der Waals surface area contributed by atoms with Gasteiger partial charge in [-0.2, -0.15) is 0 Å². The van der Waals surface area contributed by atoms with E-state index in [0.29, 0.717) is 18.2 Å². The third-order valence-corrected chi connectivity index (χ3v) is 4.25. The molecular formula is C16H19ClN2O4. The normalized spacial score (nSPS) is 18.9. The topological polar surface area (TPSA) is 89.9 Å². The van der Waals surface area contributed by atoms with E-state index in [1.54, 1.807) is 0 Å². The lowest BCUT2D eigenvalue weighted by Gasteiger charge is -2.32. The van der Waals surface area contributed by atoms with Crippen LogP contribution in [0.4, 0.5) is 5.69 Å². The fraction of sp³-hybridized carbons (Fsp3) is 0.375. The van der Waals surface area contributed by atoms with Gasteiger partial charge in [-0.3, -0.25) is 0 Å². The maximum Gasteiger partial charge on any atom is 0.328 e. The Hall–Kier alpha value is -2.05. The van der Waals surface area contributed by atoms with Gasteiger partial charge in [-0.25, -0.2) is 9.59 Å². The number of nitrogens with zero attached hydrogens (tertiary/aromatic N) is 1. The summed E-state index contributed by atoms with van der Waals surface area (Å²) in [5, 5.41) is 20.0. The number of halogens is 1. The SMILES string of the molecule is Cc1cc2c(cc1Cl)N1CCNCC1C2.O=C(O)/C=C/C(=O)O. The van der Waals surface area contributed by atoms with Crippen LogP contribution in [0.3, 0.4) is 0 Å². The highest BCUT2D eigenvalue weighted by atomic mass is 35.5. The highest BCUT2D eigenvalue weighted by Gasteiger charge is 2.31. The molecule has 2 heterocycles. The van der Waals surface area contributed by atoms with E-state index in [4.69, 9.17) is 21.8 Å². The van der Waals surface area contributed by atoms with Crippen LogP contribution in [0.5, 0.6) is 0 Å². The van der Waals surface area contributed by atoms with Crippen LogP contribution in [-0.4, -0.2) is 47.8 Å². The molecule has 0 bridgehead atoms. The minimum absolute atomic E-state index is 0.558. The van der Waals surface area contributed by atoms with Crippen molar-refractivity contribution in [2.45, 2.75) is 19.4 Å². The molecule has 3 rings (SSSR count). The Kier molecular flexibility index (Phi) is 5.63. The van der Waals surface area contributed by atoms with Gasteiger partial charge in [0.05, 0.1) is 0 Å². The molecular weight excluding hydrogens is 320 g/mol. The number of benzene rings is 1. The van der Waals surface area contributed by atoms with Crippen molar-refractivity contribution < 1.29 is 19.8 Å². The Morgan fingerprint density at radius 2 is 1.96 bits per heavy atom. The van der Waals surface area contributed by atoms with Crippen molar-refractivity contribution in [3.05, 3.63) is 40.4 Å². The van der Waals surface area contributed by atoms with E-state index < -0.39 is 11.9 Å². The summed E-state index contributed by atoms with van der Waals surface area (Å²) in [6.45, 7) is 5.38. The molecule has 0 aromatic heterocycles. The molecule has 0 radical (unpaired) electrons. The Morgan fingerprint density at radius 1 is 1.30 bits per heavy atom. The second-order valence-corrected chi connectivity index (χ2v) is 5.90. The number of carboxylic acid groups (broad SMARTS) is 2. The van der Waals surface area contributed by atoms with Gasteiger partial charge in [0.1, 0.15) is 0 Å². The second kappa shape index (κ2) is 7.48. The molecule has 1 aromatic carbocycles. The number of carbonyl (C=O) groups is 2. The lowest BCUT2D eigenvalue weighted by Crippen LogP contribution is -2.49. The number of hydrogen-bond donors (Lipinski definition) is 3. The Balaban J connectivity index is 0.000000207. The van der Waals surface area contributed by atoms with Crippen molar-refractivity contribution in [3.8, 4) is 0 Å². The second-order valence-electron chi connectivity index (χ2n) is 5.50. The summed E-state index contributed by atoms with van der Waals surface area (Å²) in [4.78, 5) is 21.6. The molecule has 1 unspecified atom stereocenters. The van der Waals surface area contributed by atoms with Crippen LogP contribution < -0.4 is 10.2 Å². The first kappa shape index (κ1) is 17.3. The summed E-state index contributed by atoms with van der Waals surface area (Å²) in [5.41, 5.74) is 4.02. The van der Waals surface area contributed by atoms with Crippen LogP contribution in [0.2, 0.25) is 5.02 Å². The Labute approximate surface area is 139 Å². The molecule has 0 saturated carbocycles. The largest absolute Gasteiger partial charge is 0.478 e. The van der Waals surface area contributed by atoms with E-state index in [1.165, 1.54) is 23.2 Å². The summed E-state index contributed by atoms with van der Waals surface area (Å²) in [5.74, 6) is -2.51. The molecule has 0 amide bonds. The predicted octanol–water partition coefficient (Wildman–Crippen LogP) is 1.69. The van der Waals surface area contributed by atoms with Crippen LogP contribution in [0.25, 0.3) is 0 Å². The summed E-state index contributed by atoms with van der Waals surface area (Å²) < 4.78 is 0. The van der Waals surface area contributed by atoms with E-state index >= 15 is 0 Å².